The molecule has 16 heavy (non-hydrogen) atoms. The molecule has 84 valence electrons. The van der Waals surface area contributed by atoms with Gasteiger partial charge in [-0.1, -0.05) is 18.2 Å². The third-order valence-corrected chi connectivity index (χ3v) is 2.38. The highest BCUT2D eigenvalue weighted by atomic mass is 16.4. The average Bonchev–Trinajstić information content (AvgIpc) is 2.30. The van der Waals surface area contributed by atoms with Crippen LogP contribution < -0.4 is 4.90 Å². The van der Waals surface area contributed by atoms with Crippen molar-refractivity contribution in [3.05, 3.63) is 30.3 Å². The lowest BCUT2D eigenvalue weighted by Crippen LogP contribution is -2.39. The normalized spacial score (nSPS) is 11.5. The molecule has 1 rings (SSSR count). The monoisotopic (exact) mass is 218 g/mol. The Kier molecular flexibility index (Phi) is 4.34. The fourth-order valence-electron chi connectivity index (χ4n) is 1.47. The lowest BCUT2D eigenvalue weighted by Gasteiger charge is -2.27. The molecule has 0 bridgehead atoms. The van der Waals surface area contributed by atoms with Gasteiger partial charge in [0, 0.05) is 12.2 Å². The summed E-state index contributed by atoms with van der Waals surface area (Å²) in [6.45, 7) is 2.04. The summed E-state index contributed by atoms with van der Waals surface area (Å²) in [5, 5.41) is 17.5. The summed E-state index contributed by atoms with van der Waals surface area (Å²) in [5.41, 5.74) is 0.827. The lowest BCUT2D eigenvalue weighted by molar-refractivity contribution is -0.138. The Morgan fingerprint density at radius 3 is 2.62 bits per heavy atom. The minimum atomic E-state index is -0.887. The van der Waals surface area contributed by atoms with E-state index in [-0.39, 0.29) is 0 Å². The Labute approximate surface area is 94.7 Å². The van der Waals surface area contributed by atoms with Crippen LogP contribution in [0.3, 0.4) is 0 Å². The van der Waals surface area contributed by atoms with Gasteiger partial charge in [0.2, 0.25) is 0 Å². The van der Waals surface area contributed by atoms with Crippen molar-refractivity contribution in [3.8, 4) is 6.07 Å². The largest absolute Gasteiger partial charge is 0.480 e. The molecule has 0 fully saturated rings. The molecule has 1 atom stereocenters. The number of carboxylic acids is 1. The quantitative estimate of drug-likeness (QED) is 0.819. The van der Waals surface area contributed by atoms with E-state index in [9.17, 15) is 4.79 Å². The molecule has 0 heterocycles. The molecular formula is C12H14N2O2. The van der Waals surface area contributed by atoms with E-state index in [1.54, 1.807) is 11.8 Å². The lowest BCUT2D eigenvalue weighted by atomic mass is 10.2. The average molecular weight is 218 g/mol. The minimum absolute atomic E-state index is 0.312. The summed E-state index contributed by atoms with van der Waals surface area (Å²) in [6.07, 6.45) is 0.312. The first-order valence-corrected chi connectivity index (χ1v) is 5.08. The van der Waals surface area contributed by atoms with Gasteiger partial charge in [0.15, 0.2) is 0 Å². The van der Waals surface area contributed by atoms with Gasteiger partial charge in [-0.15, -0.1) is 0 Å². The highest BCUT2D eigenvalue weighted by molar-refractivity contribution is 5.77. The van der Waals surface area contributed by atoms with Crippen LogP contribution in [0.15, 0.2) is 30.3 Å². The second-order valence-corrected chi connectivity index (χ2v) is 3.45. The van der Waals surface area contributed by atoms with E-state index in [4.69, 9.17) is 10.4 Å². The second-order valence-electron chi connectivity index (χ2n) is 3.45. The van der Waals surface area contributed by atoms with Crippen LogP contribution >= 0.6 is 0 Å². The first kappa shape index (κ1) is 12.1. The molecule has 1 unspecified atom stereocenters. The number of carbonyl (C=O) groups is 1. The fourth-order valence-corrected chi connectivity index (χ4v) is 1.47. The summed E-state index contributed by atoms with van der Waals surface area (Å²) < 4.78 is 0. The molecular weight excluding hydrogens is 204 g/mol. The molecule has 0 aliphatic carbocycles. The maximum absolute atomic E-state index is 11.0. The molecule has 0 aliphatic rings. The number of nitriles is 1. The summed E-state index contributed by atoms with van der Waals surface area (Å²) in [5.74, 6) is -0.887. The third-order valence-electron chi connectivity index (χ3n) is 2.38. The van der Waals surface area contributed by atoms with E-state index in [1.165, 1.54) is 0 Å². The molecule has 0 amide bonds. The molecule has 0 radical (unpaired) electrons. The standard InChI is InChI=1S/C12H14N2O2/c1-10(12(15)16)14(9-5-8-13)11-6-3-2-4-7-11/h2-4,6-7,10H,5,9H2,1H3,(H,15,16). The smallest absolute Gasteiger partial charge is 0.326 e. The summed E-state index contributed by atoms with van der Waals surface area (Å²) in [4.78, 5) is 12.7. The first-order chi connectivity index (χ1) is 7.66. The van der Waals surface area contributed by atoms with E-state index >= 15 is 0 Å². The molecule has 0 spiro atoms. The van der Waals surface area contributed by atoms with Crippen LogP contribution in [0.1, 0.15) is 13.3 Å². The van der Waals surface area contributed by atoms with Crippen LogP contribution in [-0.4, -0.2) is 23.7 Å². The van der Waals surface area contributed by atoms with Crippen molar-refractivity contribution in [3.63, 3.8) is 0 Å². The number of para-hydroxylation sites is 1. The molecule has 1 aromatic carbocycles. The zero-order valence-corrected chi connectivity index (χ0v) is 9.13. The highest BCUT2D eigenvalue weighted by Gasteiger charge is 2.20. The van der Waals surface area contributed by atoms with Crippen molar-refractivity contribution in [1.82, 2.24) is 0 Å². The molecule has 4 heteroatoms. The summed E-state index contributed by atoms with van der Waals surface area (Å²) in [6, 6.07) is 10.7. The van der Waals surface area contributed by atoms with Gasteiger partial charge < -0.3 is 10.0 Å². The number of anilines is 1. The number of carboxylic acid groups (broad SMARTS) is 1. The van der Waals surface area contributed by atoms with Crippen LogP contribution in [0.25, 0.3) is 0 Å². The SMILES string of the molecule is CC(C(=O)O)N(CCC#N)c1ccccc1. The van der Waals surface area contributed by atoms with Crippen LogP contribution in [-0.2, 0) is 4.79 Å². The summed E-state index contributed by atoms with van der Waals surface area (Å²) >= 11 is 0. The minimum Gasteiger partial charge on any atom is -0.480 e. The van der Waals surface area contributed by atoms with Crippen molar-refractivity contribution < 1.29 is 9.90 Å². The Hall–Kier alpha value is -2.02. The molecule has 0 saturated carbocycles. The zero-order chi connectivity index (χ0) is 12.0. The van der Waals surface area contributed by atoms with E-state index in [0.29, 0.717) is 13.0 Å². The van der Waals surface area contributed by atoms with Crippen LogP contribution in [0, 0.1) is 11.3 Å². The number of nitrogens with zero attached hydrogens (tertiary/aromatic N) is 2. The predicted molar refractivity (Wildman–Crippen MR) is 61.1 cm³/mol. The van der Waals surface area contributed by atoms with Gasteiger partial charge in [0.05, 0.1) is 12.5 Å². The highest BCUT2D eigenvalue weighted by Crippen LogP contribution is 2.16. The van der Waals surface area contributed by atoms with E-state index in [0.717, 1.165) is 5.69 Å². The predicted octanol–water partition coefficient (Wildman–Crippen LogP) is 1.88. The van der Waals surface area contributed by atoms with Crippen molar-refractivity contribution in [2.45, 2.75) is 19.4 Å². The maximum atomic E-state index is 11.0. The van der Waals surface area contributed by atoms with E-state index < -0.39 is 12.0 Å². The summed E-state index contributed by atoms with van der Waals surface area (Å²) in [7, 11) is 0. The zero-order valence-electron chi connectivity index (χ0n) is 9.13. The fraction of sp³-hybridized carbons (Fsp3) is 0.333. The first-order valence-electron chi connectivity index (χ1n) is 5.08. The Balaban J connectivity index is 2.88. The van der Waals surface area contributed by atoms with Crippen LogP contribution in [0.4, 0.5) is 5.69 Å². The van der Waals surface area contributed by atoms with Gasteiger partial charge >= 0.3 is 5.97 Å². The molecule has 0 aromatic heterocycles. The van der Waals surface area contributed by atoms with Gasteiger partial charge in [-0.25, -0.2) is 4.79 Å². The number of aliphatic carboxylic acids is 1. The topological polar surface area (TPSA) is 64.3 Å². The Morgan fingerprint density at radius 2 is 2.12 bits per heavy atom. The van der Waals surface area contributed by atoms with E-state index in [1.807, 2.05) is 36.4 Å². The number of hydrogen-bond donors (Lipinski definition) is 1. The van der Waals surface area contributed by atoms with Gasteiger partial charge in [-0.2, -0.15) is 5.26 Å². The second kappa shape index (κ2) is 5.76. The number of benzene rings is 1. The Bertz CT molecular complexity index is 384. The van der Waals surface area contributed by atoms with Crippen molar-refractivity contribution in [2.75, 3.05) is 11.4 Å². The van der Waals surface area contributed by atoms with Crippen molar-refractivity contribution in [1.29, 1.82) is 5.26 Å². The van der Waals surface area contributed by atoms with Gasteiger partial charge in [0.25, 0.3) is 0 Å². The molecule has 1 aromatic rings. The molecule has 4 nitrogen and oxygen atoms in total. The Morgan fingerprint density at radius 1 is 1.50 bits per heavy atom. The van der Waals surface area contributed by atoms with E-state index in [2.05, 4.69) is 0 Å². The molecule has 1 N–H and O–H groups in total. The molecule has 0 saturated heterocycles. The number of rotatable bonds is 5. The van der Waals surface area contributed by atoms with Crippen molar-refractivity contribution >= 4 is 11.7 Å². The van der Waals surface area contributed by atoms with Gasteiger partial charge in [-0.05, 0) is 19.1 Å². The van der Waals surface area contributed by atoms with Gasteiger partial charge in [0.1, 0.15) is 6.04 Å². The number of hydrogen-bond acceptors (Lipinski definition) is 3. The third kappa shape index (κ3) is 2.99. The van der Waals surface area contributed by atoms with Gasteiger partial charge in [-0.3, -0.25) is 0 Å². The van der Waals surface area contributed by atoms with Crippen molar-refractivity contribution in [2.24, 2.45) is 0 Å². The maximum Gasteiger partial charge on any atom is 0.326 e. The molecule has 0 aliphatic heterocycles. The van der Waals surface area contributed by atoms with Crippen LogP contribution in [0.5, 0.6) is 0 Å². The van der Waals surface area contributed by atoms with Crippen LogP contribution in [0.2, 0.25) is 0 Å².